The molecule has 6 heteroatoms. The van der Waals surface area contributed by atoms with Crippen molar-refractivity contribution >= 4 is 28.5 Å². The van der Waals surface area contributed by atoms with Crippen molar-refractivity contribution in [1.82, 2.24) is 15.2 Å². The lowest BCUT2D eigenvalue weighted by Gasteiger charge is -2.22. The number of carbonyl (C=O) groups is 1. The summed E-state index contributed by atoms with van der Waals surface area (Å²) in [7, 11) is 3.46. The highest BCUT2D eigenvalue weighted by atomic mass is 32.2. The Kier molecular flexibility index (Phi) is 5.19. The minimum atomic E-state index is -0.0802. The van der Waals surface area contributed by atoms with Crippen molar-refractivity contribution in [3.8, 4) is 0 Å². The molecule has 0 aliphatic carbocycles. The fourth-order valence-electron chi connectivity index (χ4n) is 2.30. The molecule has 0 radical (unpaired) electrons. The van der Waals surface area contributed by atoms with Gasteiger partial charge in [-0.3, -0.25) is 9.79 Å². The van der Waals surface area contributed by atoms with Crippen LogP contribution in [0.2, 0.25) is 0 Å². The molecule has 0 unspecified atom stereocenters. The van der Waals surface area contributed by atoms with E-state index in [0.29, 0.717) is 6.54 Å². The summed E-state index contributed by atoms with van der Waals surface area (Å²) in [5.74, 6) is -0.0802. The van der Waals surface area contributed by atoms with Crippen molar-refractivity contribution in [2.24, 2.45) is 4.99 Å². The van der Waals surface area contributed by atoms with Crippen molar-refractivity contribution in [2.45, 2.75) is 18.5 Å². The molecule has 0 bridgehead atoms. The topological polar surface area (TPSA) is 57.6 Å². The van der Waals surface area contributed by atoms with E-state index in [4.69, 9.17) is 0 Å². The number of amides is 1. The summed E-state index contributed by atoms with van der Waals surface area (Å²) in [4.78, 5) is 22.9. The van der Waals surface area contributed by atoms with Gasteiger partial charge in [0.15, 0.2) is 5.17 Å². The van der Waals surface area contributed by atoms with Crippen molar-refractivity contribution in [1.29, 1.82) is 0 Å². The number of thioether (sulfide) groups is 1. The van der Waals surface area contributed by atoms with Crippen molar-refractivity contribution in [3.63, 3.8) is 0 Å². The maximum Gasteiger partial charge on any atom is 0.248 e. The first-order valence-corrected chi connectivity index (χ1v) is 8.79. The molecule has 128 valence electrons. The Morgan fingerprint density at radius 3 is 2.72 bits per heavy atom. The van der Waals surface area contributed by atoms with Crippen LogP contribution in [0.3, 0.4) is 0 Å². The minimum absolute atomic E-state index is 0.0802. The number of rotatable bonds is 3. The van der Waals surface area contributed by atoms with Gasteiger partial charge in [0.2, 0.25) is 5.91 Å². The highest BCUT2D eigenvalue weighted by Gasteiger charge is 2.21. The van der Waals surface area contributed by atoms with Gasteiger partial charge in [0, 0.05) is 31.4 Å². The number of nitrogens with zero attached hydrogens (tertiary/aromatic N) is 3. The average Bonchev–Trinajstić information content (AvgIpc) is 2.60. The first kappa shape index (κ1) is 17.2. The van der Waals surface area contributed by atoms with Gasteiger partial charge >= 0.3 is 0 Å². The lowest BCUT2D eigenvalue weighted by Crippen LogP contribution is -2.27. The number of nitrogens with one attached hydrogen (secondary N) is 1. The fourth-order valence-corrected chi connectivity index (χ4v) is 3.25. The van der Waals surface area contributed by atoms with Gasteiger partial charge in [-0.25, -0.2) is 4.98 Å². The lowest BCUT2D eigenvalue weighted by molar-refractivity contribution is -0.123. The Hall–Kier alpha value is -2.60. The third-order valence-electron chi connectivity index (χ3n) is 3.68. The molecule has 2 heterocycles. The van der Waals surface area contributed by atoms with Gasteiger partial charge in [-0.2, -0.15) is 0 Å². The molecule has 0 spiro atoms. The maximum atomic E-state index is 12.1. The monoisotopic (exact) mass is 352 g/mol. The van der Waals surface area contributed by atoms with Crippen molar-refractivity contribution in [3.05, 3.63) is 65.4 Å². The Morgan fingerprint density at radius 1 is 1.24 bits per heavy atom. The van der Waals surface area contributed by atoms with Crippen LogP contribution in [0.4, 0.5) is 0 Å². The molecule has 0 fully saturated rings. The molecule has 0 saturated heterocycles. The molecule has 0 saturated carbocycles. The van der Waals surface area contributed by atoms with Crippen LogP contribution in [-0.2, 0) is 11.3 Å². The quantitative estimate of drug-likeness (QED) is 0.863. The second-order valence-corrected chi connectivity index (χ2v) is 6.91. The summed E-state index contributed by atoms with van der Waals surface area (Å²) >= 11 is 1.49. The highest BCUT2D eigenvalue weighted by molar-refractivity contribution is 8.14. The largest absolute Gasteiger partial charge is 0.345 e. The summed E-state index contributed by atoms with van der Waals surface area (Å²) in [6.45, 7) is 2.53. The molecule has 1 aromatic heterocycles. The molecule has 0 atom stereocenters. The predicted molar refractivity (Wildman–Crippen MR) is 102 cm³/mol. The van der Waals surface area contributed by atoms with E-state index in [1.807, 2.05) is 49.4 Å². The third-order valence-corrected chi connectivity index (χ3v) is 4.61. The van der Waals surface area contributed by atoms with Gasteiger partial charge in [-0.15, -0.1) is 0 Å². The number of aryl methyl sites for hydroxylation is 1. The van der Waals surface area contributed by atoms with E-state index in [1.54, 1.807) is 25.1 Å². The second kappa shape index (κ2) is 7.53. The van der Waals surface area contributed by atoms with Crippen molar-refractivity contribution < 1.29 is 4.79 Å². The Labute approximate surface area is 151 Å². The van der Waals surface area contributed by atoms with Crippen LogP contribution >= 0.6 is 11.8 Å². The number of hydrogen-bond donors (Lipinski definition) is 1. The molecule has 25 heavy (non-hydrogen) atoms. The van der Waals surface area contributed by atoms with E-state index in [9.17, 15) is 4.79 Å². The van der Waals surface area contributed by atoms with E-state index in [0.717, 1.165) is 32.7 Å². The summed E-state index contributed by atoms with van der Waals surface area (Å²) in [6.07, 6.45) is 1.59. The zero-order valence-corrected chi connectivity index (χ0v) is 15.3. The molecular weight excluding hydrogens is 332 g/mol. The van der Waals surface area contributed by atoms with Gasteiger partial charge in [0.1, 0.15) is 5.03 Å². The molecule has 5 nitrogen and oxygen atoms in total. The fraction of sp³-hybridized carbons (Fsp3) is 0.211. The number of aliphatic imine (C=N–C) groups is 1. The van der Waals surface area contributed by atoms with Crippen LogP contribution < -0.4 is 5.32 Å². The molecule has 2 aromatic rings. The van der Waals surface area contributed by atoms with E-state index in [1.165, 1.54) is 11.8 Å². The molecule has 1 aromatic carbocycles. The van der Waals surface area contributed by atoms with Crippen LogP contribution in [0.5, 0.6) is 0 Å². The lowest BCUT2D eigenvalue weighted by atomic mass is 10.1. The number of carbonyl (C=O) groups excluding carboxylic acids is 1. The summed E-state index contributed by atoms with van der Waals surface area (Å²) < 4.78 is 0. The van der Waals surface area contributed by atoms with Gasteiger partial charge in [-0.1, -0.05) is 30.3 Å². The van der Waals surface area contributed by atoms with Crippen LogP contribution in [0, 0.1) is 6.92 Å². The summed E-state index contributed by atoms with van der Waals surface area (Å²) in [5.41, 5.74) is 3.72. The number of pyridine rings is 1. The zero-order chi connectivity index (χ0) is 17.8. The SMILES string of the molecule is Cc1ccc2c(n1)SC(=NCc1ccccc1)N/C2=C\C(=O)N(C)C. The van der Waals surface area contributed by atoms with Gasteiger partial charge in [0.25, 0.3) is 0 Å². The molecular formula is C19H20N4OS. The first-order valence-electron chi connectivity index (χ1n) is 7.97. The van der Waals surface area contributed by atoms with Gasteiger partial charge in [-0.05, 0) is 36.4 Å². The van der Waals surface area contributed by atoms with Crippen LogP contribution in [0.25, 0.3) is 5.70 Å². The van der Waals surface area contributed by atoms with E-state index < -0.39 is 0 Å². The normalized spacial score (nSPS) is 16.4. The number of benzene rings is 1. The average molecular weight is 352 g/mol. The zero-order valence-electron chi connectivity index (χ0n) is 14.5. The van der Waals surface area contributed by atoms with E-state index >= 15 is 0 Å². The number of fused-ring (bicyclic) bond motifs is 1. The van der Waals surface area contributed by atoms with Gasteiger partial charge in [0.05, 0.1) is 12.2 Å². The first-order chi connectivity index (χ1) is 12.0. The number of amidine groups is 1. The predicted octanol–water partition coefficient (Wildman–Crippen LogP) is 3.07. The Balaban J connectivity index is 1.92. The Morgan fingerprint density at radius 2 is 2.00 bits per heavy atom. The summed E-state index contributed by atoms with van der Waals surface area (Å²) in [6, 6.07) is 14.0. The van der Waals surface area contributed by atoms with Crippen LogP contribution in [0.15, 0.2) is 58.6 Å². The number of aromatic nitrogens is 1. The number of likely N-dealkylation sites (N-methyl/N-ethyl adjacent to an activating group) is 1. The van der Waals surface area contributed by atoms with Gasteiger partial charge < -0.3 is 10.2 Å². The van der Waals surface area contributed by atoms with Crippen molar-refractivity contribution in [2.75, 3.05) is 14.1 Å². The van der Waals surface area contributed by atoms with E-state index in [2.05, 4.69) is 15.3 Å². The summed E-state index contributed by atoms with van der Waals surface area (Å²) in [5, 5.41) is 4.88. The maximum absolute atomic E-state index is 12.1. The molecule has 1 aliphatic rings. The minimum Gasteiger partial charge on any atom is -0.345 e. The molecule has 3 rings (SSSR count). The smallest absolute Gasteiger partial charge is 0.248 e. The molecule has 1 amide bonds. The van der Waals surface area contributed by atoms with E-state index in [-0.39, 0.29) is 5.91 Å². The van der Waals surface area contributed by atoms with Crippen LogP contribution in [0.1, 0.15) is 16.8 Å². The Bertz CT molecular complexity index is 844. The molecule has 1 aliphatic heterocycles. The number of hydrogen-bond acceptors (Lipinski definition) is 4. The standard InChI is InChI=1S/C19H20N4OS/c1-13-9-10-15-16(11-17(24)23(2)3)22-19(25-18(15)21-13)20-12-14-7-5-4-6-8-14/h4-11H,12H2,1-3H3,(H,20,22)/b16-11-. The third kappa shape index (κ3) is 4.28. The highest BCUT2D eigenvalue weighted by Crippen LogP contribution is 2.31. The second-order valence-electron chi connectivity index (χ2n) is 5.93. The van der Waals surface area contributed by atoms with Crippen LogP contribution in [-0.4, -0.2) is 35.1 Å². The molecule has 1 N–H and O–H groups in total.